The van der Waals surface area contributed by atoms with Crippen molar-refractivity contribution in [2.24, 2.45) is 5.10 Å². The molecule has 0 aliphatic rings. The lowest BCUT2D eigenvalue weighted by Crippen LogP contribution is -1.93. The zero-order valence-electron chi connectivity index (χ0n) is 14.5. The number of rotatable bonds is 5. The van der Waals surface area contributed by atoms with Crippen LogP contribution in [0.25, 0.3) is 11.3 Å². The molecule has 0 saturated heterocycles. The van der Waals surface area contributed by atoms with E-state index in [1.807, 2.05) is 11.6 Å². The lowest BCUT2D eigenvalue weighted by Gasteiger charge is -2.08. The topological polar surface area (TPSA) is 37.3 Å². The number of hydrogen-bond acceptors (Lipinski definition) is 4. The van der Waals surface area contributed by atoms with E-state index in [1.165, 1.54) is 11.1 Å². The number of benzene rings is 2. The van der Waals surface area contributed by atoms with Gasteiger partial charge < -0.3 is 0 Å². The third-order valence-electron chi connectivity index (χ3n) is 3.87. The Morgan fingerprint density at radius 3 is 2.60 bits per heavy atom. The molecular formula is C20H20BrN3S. The molecule has 0 bridgehead atoms. The molecule has 0 spiro atoms. The van der Waals surface area contributed by atoms with Crippen molar-refractivity contribution in [3.63, 3.8) is 0 Å². The van der Waals surface area contributed by atoms with Gasteiger partial charge in [0.2, 0.25) is 5.13 Å². The van der Waals surface area contributed by atoms with Crippen molar-refractivity contribution < 1.29 is 0 Å². The fourth-order valence-corrected chi connectivity index (χ4v) is 3.96. The Morgan fingerprint density at radius 2 is 1.92 bits per heavy atom. The highest BCUT2D eigenvalue weighted by Gasteiger charge is 2.05. The van der Waals surface area contributed by atoms with Crippen LogP contribution in [0.5, 0.6) is 0 Å². The van der Waals surface area contributed by atoms with Crippen LogP contribution in [-0.4, -0.2) is 11.2 Å². The fourth-order valence-electron chi connectivity index (χ4n) is 2.44. The molecule has 0 aliphatic heterocycles. The van der Waals surface area contributed by atoms with Crippen molar-refractivity contribution in [1.29, 1.82) is 0 Å². The van der Waals surface area contributed by atoms with Crippen molar-refractivity contribution in [3.05, 3.63) is 69.0 Å². The highest BCUT2D eigenvalue weighted by atomic mass is 79.9. The summed E-state index contributed by atoms with van der Waals surface area (Å²) in [5.41, 5.74) is 8.68. The molecule has 0 fully saturated rings. The summed E-state index contributed by atoms with van der Waals surface area (Å²) in [5, 5.41) is 7.12. The van der Waals surface area contributed by atoms with Gasteiger partial charge in [-0.1, -0.05) is 71.7 Å². The minimum atomic E-state index is 0.494. The van der Waals surface area contributed by atoms with E-state index < -0.39 is 0 Å². The van der Waals surface area contributed by atoms with Crippen LogP contribution in [0.3, 0.4) is 0 Å². The van der Waals surface area contributed by atoms with Crippen molar-refractivity contribution in [2.75, 3.05) is 5.43 Å². The van der Waals surface area contributed by atoms with E-state index in [4.69, 9.17) is 0 Å². The largest absolute Gasteiger partial charge is 0.253 e. The number of hydrazone groups is 1. The maximum absolute atomic E-state index is 4.58. The second-order valence-corrected chi connectivity index (χ2v) is 7.92. The highest BCUT2D eigenvalue weighted by molar-refractivity contribution is 9.10. The van der Waals surface area contributed by atoms with Crippen LogP contribution >= 0.6 is 27.3 Å². The molecule has 1 heterocycles. The van der Waals surface area contributed by atoms with E-state index in [0.29, 0.717) is 5.92 Å². The molecule has 25 heavy (non-hydrogen) atoms. The number of nitrogens with zero attached hydrogens (tertiary/aromatic N) is 2. The number of aryl methyl sites for hydroxylation is 1. The molecule has 3 nitrogen and oxygen atoms in total. The second-order valence-electron chi connectivity index (χ2n) is 6.21. The summed E-state index contributed by atoms with van der Waals surface area (Å²) in [6.07, 6.45) is 1.81. The quantitative estimate of drug-likeness (QED) is 0.385. The molecule has 0 radical (unpaired) electrons. The summed E-state index contributed by atoms with van der Waals surface area (Å²) in [7, 11) is 0. The first-order valence-corrected chi connectivity index (χ1v) is 9.81. The monoisotopic (exact) mass is 413 g/mol. The third-order valence-corrected chi connectivity index (χ3v) is 5.31. The van der Waals surface area contributed by atoms with Crippen LogP contribution in [0.1, 0.15) is 36.5 Å². The molecule has 0 saturated carbocycles. The van der Waals surface area contributed by atoms with Crippen LogP contribution in [0, 0.1) is 6.92 Å². The molecule has 5 heteroatoms. The zero-order valence-corrected chi connectivity index (χ0v) is 16.9. The van der Waals surface area contributed by atoms with Crippen molar-refractivity contribution in [3.8, 4) is 11.3 Å². The van der Waals surface area contributed by atoms with Gasteiger partial charge in [-0.05, 0) is 30.0 Å². The van der Waals surface area contributed by atoms with Crippen LogP contribution in [0.2, 0.25) is 0 Å². The molecule has 0 aliphatic carbocycles. The first kappa shape index (κ1) is 17.8. The Balaban J connectivity index is 1.67. The fraction of sp³-hybridized carbons (Fsp3) is 0.200. The smallest absolute Gasteiger partial charge is 0.203 e. The molecule has 1 aromatic heterocycles. The Hall–Kier alpha value is -1.98. The molecule has 0 unspecified atom stereocenters. The second kappa shape index (κ2) is 7.93. The average Bonchev–Trinajstić information content (AvgIpc) is 3.04. The molecule has 0 atom stereocenters. The van der Waals surface area contributed by atoms with Gasteiger partial charge in [0.25, 0.3) is 0 Å². The predicted octanol–water partition coefficient (Wildman–Crippen LogP) is 6.45. The number of thiazole rings is 1. The average molecular weight is 414 g/mol. The van der Waals surface area contributed by atoms with Gasteiger partial charge in [0, 0.05) is 15.4 Å². The summed E-state index contributed by atoms with van der Waals surface area (Å²) < 4.78 is 1.11. The zero-order chi connectivity index (χ0) is 17.8. The first-order valence-electron chi connectivity index (χ1n) is 8.14. The van der Waals surface area contributed by atoms with Gasteiger partial charge in [0.15, 0.2) is 0 Å². The molecule has 1 N–H and O–H groups in total. The van der Waals surface area contributed by atoms with Crippen molar-refractivity contribution in [1.82, 2.24) is 4.98 Å². The van der Waals surface area contributed by atoms with Crippen LogP contribution in [0.15, 0.2) is 57.4 Å². The number of nitrogens with one attached hydrogen (secondary N) is 1. The molecule has 3 aromatic rings. The van der Waals surface area contributed by atoms with Gasteiger partial charge in [-0.25, -0.2) is 4.98 Å². The van der Waals surface area contributed by atoms with Crippen molar-refractivity contribution >= 4 is 38.6 Å². The Morgan fingerprint density at radius 1 is 1.16 bits per heavy atom. The molecular weight excluding hydrogens is 394 g/mol. The van der Waals surface area contributed by atoms with E-state index >= 15 is 0 Å². The van der Waals surface area contributed by atoms with E-state index in [-0.39, 0.29) is 0 Å². The molecule has 2 aromatic carbocycles. The van der Waals surface area contributed by atoms with E-state index in [9.17, 15) is 0 Å². The maximum atomic E-state index is 4.58. The predicted molar refractivity (Wildman–Crippen MR) is 112 cm³/mol. The van der Waals surface area contributed by atoms with E-state index in [0.717, 1.165) is 26.4 Å². The summed E-state index contributed by atoms with van der Waals surface area (Å²) in [5.74, 6) is 0.494. The minimum Gasteiger partial charge on any atom is -0.253 e. The van der Waals surface area contributed by atoms with Gasteiger partial charge in [0.05, 0.1) is 11.9 Å². The van der Waals surface area contributed by atoms with E-state index in [2.05, 4.69) is 94.7 Å². The lowest BCUT2D eigenvalue weighted by molar-refractivity contribution is 0.861. The van der Waals surface area contributed by atoms with Gasteiger partial charge >= 0.3 is 0 Å². The van der Waals surface area contributed by atoms with Crippen molar-refractivity contribution in [2.45, 2.75) is 26.7 Å². The first-order chi connectivity index (χ1) is 12.0. The van der Waals surface area contributed by atoms with Crippen LogP contribution < -0.4 is 5.43 Å². The maximum Gasteiger partial charge on any atom is 0.203 e. The Bertz CT molecular complexity index is 882. The number of aromatic nitrogens is 1. The normalized spacial score (nSPS) is 11.4. The molecule has 3 rings (SSSR count). The molecule has 0 amide bonds. The van der Waals surface area contributed by atoms with Crippen LogP contribution in [0.4, 0.5) is 5.13 Å². The Kier molecular flexibility index (Phi) is 5.66. The summed E-state index contributed by atoms with van der Waals surface area (Å²) in [6.45, 7) is 6.45. The lowest BCUT2D eigenvalue weighted by atomic mass is 10.0. The Labute approximate surface area is 161 Å². The molecule has 128 valence electrons. The minimum absolute atomic E-state index is 0.494. The third kappa shape index (κ3) is 4.55. The van der Waals surface area contributed by atoms with Gasteiger partial charge in [-0.3, -0.25) is 5.43 Å². The standard InChI is InChI=1S/C20H20BrN3S/c1-13(2)17-9-6-15(10-18(17)21)11-22-24-20-23-19(12-25-20)16-7-4-14(3)5-8-16/h4-13H,1-3H3,(H,23,24)/b22-11+. The van der Waals surface area contributed by atoms with Crippen LogP contribution in [-0.2, 0) is 0 Å². The van der Waals surface area contributed by atoms with Gasteiger partial charge in [0.1, 0.15) is 0 Å². The van der Waals surface area contributed by atoms with Gasteiger partial charge in [-0.2, -0.15) is 5.10 Å². The summed E-state index contributed by atoms with van der Waals surface area (Å²) in [6, 6.07) is 14.7. The SMILES string of the molecule is Cc1ccc(-c2csc(N/N=C/c3ccc(C(C)C)c(Br)c3)n2)cc1. The van der Waals surface area contributed by atoms with E-state index in [1.54, 1.807) is 11.3 Å². The number of hydrogen-bond donors (Lipinski definition) is 1. The summed E-state index contributed by atoms with van der Waals surface area (Å²) >= 11 is 5.17. The summed E-state index contributed by atoms with van der Waals surface area (Å²) in [4.78, 5) is 4.58. The van der Waals surface area contributed by atoms with Gasteiger partial charge in [-0.15, -0.1) is 11.3 Å². The number of anilines is 1. The number of halogens is 1. The highest BCUT2D eigenvalue weighted by Crippen LogP contribution is 2.26.